The van der Waals surface area contributed by atoms with Crippen molar-refractivity contribution in [2.75, 3.05) is 6.61 Å². The Bertz CT molecular complexity index is 336. The zero-order valence-corrected chi connectivity index (χ0v) is 10.2. The van der Waals surface area contributed by atoms with Crippen molar-refractivity contribution in [2.24, 2.45) is 11.8 Å². The monoisotopic (exact) mass is 254 g/mol. The maximum absolute atomic E-state index is 11.2. The molecule has 0 bridgehead atoms. The van der Waals surface area contributed by atoms with Gasteiger partial charge in [-0.05, 0) is 19.3 Å². The number of carbonyl (C=O) groups excluding carboxylic acids is 2. The quantitative estimate of drug-likeness (QED) is 0.556. The Labute approximate surface area is 106 Å². The average molecular weight is 254 g/mol. The lowest BCUT2D eigenvalue weighted by atomic mass is 9.93. The molecule has 0 radical (unpaired) electrons. The number of carbonyl (C=O) groups is 2. The summed E-state index contributed by atoms with van der Waals surface area (Å²) in [6.45, 7) is 0.727. The maximum atomic E-state index is 11.2. The Morgan fingerprint density at radius 2 is 2.22 bits per heavy atom. The van der Waals surface area contributed by atoms with Crippen LogP contribution in [0.1, 0.15) is 32.1 Å². The molecule has 1 saturated carbocycles. The number of aldehydes is 1. The minimum Gasteiger partial charge on any atom is -0.462 e. The van der Waals surface area contributed by atoms with Gasteiger partial charge in [-0.2, -0.15) is 0 Å². The number of hydrogen-bond donors (Lipinski definition) is 0. The van der Waals surface area contributed by atoms with Gasteiger partial charge in [-0.15, -0.1) is 0 Å². The number of hydrogen-bond acceptors (Lipinski definition) is 5. The minimum atomic E-state index is -0.230. The number of esters is 1. The van der Waals surface area contributed by atoms with Gasteiger partial charge in [0.05, 0.1) is 12.5 Å². The molecule has 0 spiro atoms. The second kappa shape index (κ2) is 4.97. The van der Waals surface area contributed by atoms with E-state index in [2.05, 4.69) is 0 Å². The van der Waals surface area contributed by atoms with Gasteiger partial charge in [-0.3, -0.25) is 4.79 Å². The molecule has 2 aliphatic heterocycles. The lowest BCUT2D eigenvalue weighted by Gasteiger charge is -2.27. The molecule has 0 aromatic rings. The lowest BCUT2D eigenvalue weighted by molar-refractivity contribution is -0.195. The van der Waals surface area contributed by atoms with E-state index in [0.717, 1.165) is 32.2 Å². The van der Waals surface area contributed by atoms with Crippen molar-refractivity contribution in [3.63, 3.8) is 0 Å². The fourth-order valence-corrected chi connectivity index (χ4v) is 3.25. The van der Waals surface area contributed by atoms with Crippen molar-refractivity contribution in [2.45, 2.75) is 50.6 Å². The van der Waals surface area contributed by atoms with Crippen molar-refractivity contribution in [1.29, 1.82) is 0 Å². The summed E-state index contributed by atoms with van der Waals surface area (Å²) in [7, 11) is 0. The van der Waals surface area contributed by atoms with Gasteiger partial charge in [0, 0.05) is 24.9 Å². The Balaban J connectivity index is 1.62. The van der Waals surface area contributed by atoms with Crippen molar-refractivity contribution in [1.82, 2.24) is 0 Å². The predicted octanol–water partition coefficient (Wildman–Crippen LogP) is 1.05. The van der Waals surface area contributed by atoms with Gasteiger partial charge in [-0.1, -0.05) is 0 Å². The number of fused-ring (bicyclic) bond motifs is 1. The van der Waals surface area contributed by atoms with Crippen LogP contribution in [0.25, 0.3) is 0 Å². The maximum Gasteiger partial charge on any atom is 0.306 e. The van der Waals surface area contributed by atoms with E-state index in [4.69, 9.17) is 14.2 Å². The van der Waals surface area contributed by atoms with E-state index in [1.165, 1.54) is 0 Å². The van der Waals surface area contributed by atoms with E-state index in [1.807, 2.05) is 0 Å². The van der Waals surface area contributed by atoms with E-state index in [-0.39, 0.29) is 36.3 Å². The molecule has 18 heavy (non-hydrogen) atoms. The van der Waals surface area contributed by atoms with Crippen LogP contribution in [-0.2, 0) is 23.8 Å². The van der Waals surface area contributed by atoms with Crippen LogP contribution in [0.5, 0.6) is 0 Å². The Kier molecular flexibility index (Phi) is 3.35. The van der Waals surface area contributed by atoms with E-state index in [9.17, 15) is 9.59 Å². The third-order valence-corrected chi connectivity index (χ3v) is 4.17. The first-order chi connectivity index (χ1) is 8.78. The Morgan fingerprint density at radius 1 is 1.33 bits per heavy atom. The molecule has 2 heterocycles. The second-order valence-electron chi connectivity index (χ2n) is 5.32. The lowest BCUT2D eigenvalue weighted by Crippen LogP contribution is -2.32. The van der Waals surface area contributed by atoms with E-state index in [0.29, 0.717) is 12.8 Å². The summed E-state index contributed by atoms with van der Waals surface area (Å²) in [6, 6.07) is 0. The third kappa shape index (κ3) is 2.17. The molecule has 3 fully saturated rings. The molecule has 100 valence electrons. The molecule has 2 saturated heterocycles. The minimum absolute atomic E-state index is 0.00332. The predicted molar refractivity (Wildman–Crippen MR) is 60.6 cm³/mol. The van der Waals surface area contributed by atoms with E-state index < -0.39 is 0 Å². The van der Waals surface area contributed by atoms with Gasteiger partial charge < -0.3 is 19.0 Å². The highest BCUT2D eigenvalue weighted by Gasteiger charge is 2.51. The first-order valence-electron chi connectivity index (χ1n) is 6.70. The molecule has 0 N–H and O–H groups in total. The summed E-state index contributed by atoms with van der Waals surface area (Å²) < 4.78 is 16.6. The summed E-state index contributed by atoms with van der Waals surface area (Å²) in [5.74, 6) is -0.417. The molecule has 5 heteroatoms. The molecule has 1 aliphatic carbocycles. The number of rotatable bonds is 3. The smallest absolute Gasteiger partial charge is 0.306 e. The van der Waals surface area contributed by atoms with E-state index >= 15 is 0 Å². The SMILES string of the molecule is O=C[C@H]1[C@H]2CC(=O)O[C@H]2C[C@H]1OC1CCCCO1. The van der Waals surface area contributed by atoms with Gasteiger partial charge in [0.25, 0.3) is 0 Å². The molecular formula is C13H18O5. The summed E-state index contributed by atoms with van der Waals surface area (Å²) in [5, 5.41) is 0. The molecule has 3 aliphatic rings. The van der Waals surface area contributed by atoms with Crippen molar-refractivity contribution < 1.29 is 23.8 Å². The van der Waals surface area contributed by atoms with Gasteiger partial charge in [0.2, 0.25) is 0 Å². The first-order valence-corrected chi connectivity index (χ1v) is 6.70. The van der Waals surface area contributed by atoms with Crippen LogP contribution in [0.15, 0.2) is 0 Å². The van der Waals surface area contributed by atoms with Crippen molar-refractivity contribution in [3.05, 3.63) is 0 Å². The fourth-order valence-electron chi connectivity index (χ4n) is 3.25. The topological polar surface area (TPSA) is 61.8 Å². The highest BCUT2D eigenvalue weighted by atomic mass is 16.7. The Morgan fingerprint density at radius 3 is 2.94 bits per heavy atom. The summed E-state index contributed by atoms with van der Waals surface area (Å²) >= 11 is 0. The van der Waals surface area contributed by atoms with Crippen LogP contribution in [0.4, 0.5) is 0 Å². The molecule has 0 amide bonds. The molecule has 3 rings (SSSR count). The van der Waals surface area contributed by atoms with Gasteiger partial charge in [-0.25, -0.2) is 0 Å². The van der Waals surface area contributed by atoms with Gasteiger partial charge >= 0.3 is 5.97 Å². The average Bonchev–Trinajstić information content (AvgIpc) is 2.85. The zero-order chi connectivity index (χ0) is 12.5. The van der Waals surface area contributed by atoms with Crippen LogP contribution in [0.2, 0.25) is 0 Å². The molecule has 0 aromatic carbocycles. The standard InChI is InChI=1S/C13H18O5/c14-7-9-8-5-12(15)17-10(8)6-11(9)18-13-3-1-2-4-16-13/h7-11,13H,1-6H2/t8-,9+,10+,11-,13?/m1/s1. The summed E-state index contributed by atoms with van der Waals surface area (Å²) in [6.07, 6.45) is 4.46. The fraction of sp³-hybridized carbons (Fsp3) is 0.846. The highest BCUT2D eigenvalue weighted by Crippen LogP contribution is 2.42. The summed E-state index contributed by atoms with van der Waals surface area (Å²) in [4.78, 5) is 22.4. The van der Waals surface area contributed by atoms with Crippen LogP contribution >= 0.6 is 0 Å². The molecule has 5 atom stereocenters. The van der Waals surface area contributed by atoms with E-state index in [1.54, 1.807) is 0 Å². The molecule has 0 aromatic heterocycles. The highest BCUT2D eigenvalue weighted by molar-refractivity contribution is 5.74. The molecule has 5 nitrogen and oxygen atoms in total. The largest absolute Gasteiger partial charge is 0.462 e. The van der Waals surface area contributed by atoms with Gasteiger partial charge in [0.1, 0.15) is 12.4 Å². The summed E-state index contributed by atoms with van der Waals surface area (Å²) in [5.41, 5.74) is 0. The Hall–Kier alpha value is -0.940. The normalized spacial score (nSPS) is 43.6. The van der Waals surface area contributed by atoms with Crippen molar-refractivity contribution >= 4 is 12.3 Å². The molecular weight excluding hydrogens is 236 g/mol. The van der Waals surface area contributed by atoms with Crippen LogP contribution in [0, 0.1) is 11.8 Å². The zero-order valence-electron chi connectivity index (χ0n) is 10.2. The number of ether oxygens (including phenoxy) is 3. The van der Waals surface area contributed by atoms with Crippen LogP contribution in [-0.4, -0.2) is 37.4 Å². The second-order valence-corrected chi connectivity index (χ2v) is 5.32. The molecule has 1 unspecified atom stereocenters. The van der Waals surface area contributed by atoms with Crippen LogP contribution < -0.4 is 0 Å². The van der Waals surface area contributed by atoms with Crippen molar-refractivity contribution in [3.8, 4) is 0 Å². The van der Waals surface area contributed by atoms with Gasteiger partial charge in [0.15, 0.2) is 6.29 Å². The van der Waals surface area contributed by atoms with Crippen LogP contribution in [0.3, 0.4) is 0 Å². The third-order valence-electron chi connectivity index (χ3n) is 4.17. The first kappa shape index (κ1) is 12.1.